The first-order chi connectivity index (χ1) is 28.2. The summed E-state index contributed by atoms with van der Waals surface area (Å²) in [5.74, 6) is -0.256. The first-order valence-electron chi connectivity index (χ1n) is 24.4. The smallest absolute Gasteiger partial charge is 0.305 e. The second-order valence-corrected chi connectivity index (χ2v) is 15.9. The summed E-state index contributed by atoms with van der Waals surface area (Å²) in [5, 5.41) is 0. The number of carbonyl (C=O) groups excluding carboxylic acids is 2. The van der Waals surface area contributed by atoms with Gasteiger partial charge in [0.1, 0.15) is 13.2 Å². The molecule has 0 aromatic carbocycles. The van der Waals surface area contributed by atoms with Gasteiger partial charge in [0.15, 0.2) is 0 Å². The average Bonchev–Trinajstić information content (AvgIpc) is 3.21. The minimum Gasteiger partial charge on any atom is -0.463 e. The number of unbranched alkanes of at least 4 members (excludes halogenated alkanes) is 28. The van der Waals surface area contributed by atoms with Crippen molar-refractivity contribution in [2.75, 3.05) is 79.3 Å². The second-order valence-electron chi connectivity index (χ2n) is 15.9. The highest BCUT2D eigenvalue weighted by atomic mass is 16.6. The van der Waals surface area contributed by atoms with Gasteiger partial charge in [0.2, 0.25) is 0 Å². The Labute approximate surface area is 352 Å². The van der Waals surface area contributed by atoms with Gasteiger partial charge in [-0.15, -0.1) is 0 Å². The van der Waals surface area contributed by atoms with Crippen LogP contribution in [0.2, 0.25) is 0 Å². The van der Waals surface area contributed by atoms with Crippen molar-refractivity contribution in [1.29, 1.82) is 0 Å². The van der Waals surface area contributed by atoms with E-state index in [0.717, 1.165) is 25.7 Å². The summed E-state index contributed by atoms with van der Waals surface area (Å²) in [6.45, 7) is 9.70. The molecule has 0 amide bonds. The lowest BCUT2D eigenvalue weighted by molar-refractivity contribution is -0.146. The Morgan fingerprint density at radius 2 is 0.421 bits per heavy atom. The first-order valence-corrected chi connectivity index (χ1v) is 24.4. The minimum absolute atomic E-state index is 0.128. The number of ether oxygens (including phenoxy) is 7. The van der Waals surface area contributed by atoms with Crippen molar-refractivity contribution >= 4 is 11.9 Å². The summed E-state index contributed by atoms with van der Waals surface area (Å²) in [6, 6.07) is 0. The van der Waals surface area contributed by atoms with Crippen molar-refractivity contribution in [2.24, 2.45) is 0 Å². The van der Waals surface area contributed by atoms with Crippen LogP contribution in [0.5, 0.6) is 0 Å². The van der Waals surface area contributed by atoms with Gasteiger partial charge in [-0.1, -0.05) is 194 Å². The quantitative estimate of drug-likeness (QED) is 0.0439. The molecule has 0 aromatic heterocycles. The molecule has 0 fully saturated rings. The van der Waals surface area contributed by atoms with Crippen LogP contribution in [0.3, 0.4) is 0 Å². The molecule has 340 valence electrons. The van der Waals surface area contributed by atoms with Crippen LogP contribution in [-0.4, -0.2) is 91.2 Å². The van der Waals surface area contributed by atoms with Crippen molar-refractivity contribution < 1.29 is 42.7 Å². The van der Waals surface area contributed by atoms with Gasteiger partial charge >= 0.3 is 11.9 Å². The third kappa shape index (κ3) is 50.8. The molecule has 0 N–H and O–H groups in total. The van der Waals surface area contributed by atoms with Crippen LogP contribution in [0.15, 0.2) is 0 Å². The maximum Gasteiger partial charge on any atom is 0.305 e. The van der Waals surface area contributed by atoms with Gasteiger partial charge in [-0.05, 0) is 12.8 Å². The molecule has 0 bridgehead atoms. The molecule has 0 atom stereocenters. The van der Waals surface area contributed by atoms with E-state index in [1.165, 1.54) is 167 Å². The third-order valence-electron chi connectivity index (χ3n) is 10.4. The average molecular weight is 815 g/mol. The predicted octanol–water partition coefficient (Wildman–Crippen LogP) is 12.7. The topological polar surface area (TPSA) is 98.8 Å². The van der Waals surface area contributed by atoms with Crippen molar-refractivity contribution in [1.82, 2.24) is 0 Å². The summed E-state index contributed by atoms with van der Waals surface area (Å²) < 4.78 is 38.1. The molecule has 0 rings (SSSR count). The molecule has 0 saturated heterocycles. The Hall–Kier alpha value is -1.26. The molecule has 0 spiro atoms. The Bertz CT molecular complexity index is 719. The highest BCUT2D eigenvalue weighted by Gasteiger charge is 2.04. The minimum atomic E-state index is -0.128. The van der Waals surface area contributed by atoms with E-state index in [4.69, 9.17) is 33.2 Å². The highest BCUT2D eigenvalue weighted by Crippen LogP contribution is 2.15. The van der Waals surface area contributed by atoms with Crippen LogP contribution in [0.25, 0.3) is 0 Å². The van der Waals surface area contributed by atoms with Crippen molar-refractivity contribution in [3.63, 3.8) is 0 Å². The van der Waals surface area contributed by atoms with Crippen LogP contribution in [0, 0.1) is 0 Å². The molecule has 0 unspecified atom stereocenters. The second kappa shape index (κ2) is 50.9. The van der Waals surface area contributed by atoms with E-state index in [1.54, 1.807) is 0 Å². The fourth-order valence-electron chi connectivity index (χ4n) is 6.84. The Kier molecular flexibility index (Phi) is 49.8. The molecule has 0 aliphatic rings. The van der Waals surface area contributed by atoms with E-state index in [2.05, 4.69) is 13.8 Å². The van der Waals surface area contributed by atoms with Gasteiger partial charge in [-0.3, -0.25) is 9.59 Å². The molecular formula is C48H94O9. The van der Waals surface area contributed by atoms with E-state index < -0.39 is 0 Å². The number of esters is 2. The summed E-state index contributed by atoms with van der Waals surface area (Å²) >= 11 is 0. The Balaban J connectivity index is 3.20. The zero-order chi connectivity index (χ0) is 41.2. The zero-order valence-corrected chi connectivity index (χ0v) is 37.8. The Morgan fingerprint density at radius 1 is 0.246 bits per heavy atom. The summed E-state index contributed by atoms with van der Waals surface area (Å²) in [4.78, 5) is 23.8. The summed E-state index contributed by atoms with van der Waals surface area (Å²) in [5.41, 5.74) is 0. The largest absolute Gasteiger partial charge is 0.463 e. The Morgan fingerprint density at radius 3 is 0.632 bits per heavy atom. The normalized spacial score (nSPS) is 11.4. The number of hydrogen-bond acceptors (Lipinski definition) is 9. The SMILES string of the molecule is CCCCCCCCCCCCCCCCCC(=O)OCCOCCOCCOCCOCCOCCOC(=O)CCCCCCCCCCCCCCCCC. The molecule has 0 radical (unpaired) electrons. The van der Waals surface area contributed by atoms with E-state index in [1.807, 2.05) is 0 Å². The fraction of sp³-hybridized carbons (Fsp3) is 0.958. The lowest BCUT2D eigenvalue weighted by atomic mass is 10.0. The van der Waals surface area contributed by atoms with Gasteiger partial charge in [0, 0.05) is 12.8 Å². The maximum atomic E-state index is 11.9. The molecule has 0 aromatic rings. The van der Waals surface area contributed by atoms with Gasteiger partial charge in [0.25, 0.3) is 0 Å². The number of carbonyl (C=O) groups is 2. The molecule has 0 saturated carbocycles. The van der Waals surface area contributed by atoms with Crippen LogP contribution in [0.4, 0.5) is 0 Å². The summed E-state index contributed by atoms with van der Waals surface area (Å²) in [7, 11) is 0. The lowest BCUT2D eigenvalue weighted by Crippen LogP contribution is -2.15. The van der Waals surface area contributed by atoms with Crippen LogP contribution >= 0.6 is 0 Å². The van der Waals surface area contributed by atoms with E-state index >= 15 is 0 Å². The number of hydrogen-bond donors (Lipinski definition) is 0. The lowest BCUT2D eigenvalue weighted by Gasteiger charge is -2.09. The monoisotopic (exact) mass is 815 g/mol. The van der Waals surface area contributed by atoms with E-state index in [-0.39, 0.29) is 11.9 Å². The molecule has 0 heterocycles. The molecule has 9 nitrogen and oxygen atoms in total. The standard InChI is InChI=1S/C48H94O9/c1-3-5-7-9-11-13-15-17-19-21-23-25-27-29-31-33-47(49)56-45-43-54-41-39-52-37-35-51-36-38-53-40-42-55-44-46-57-48(50)34-32-30-28-26-24-22-20-18-16-14-12-10-8-6-4-2/h3-46H2,1-2H3. The molecule has 9 heteroatoms. The third-order valence-corrected chi connectivity index (χ3v) is 10.4. The van der Waals surface area contributed by atoms with E-state index in [9.17, 15) is 9.59 Å². The molecular weight excluding hydrogens is 721 g/mol. The highest BCUT2D eigenvalue weighted by molar-refractivity contribution is 5.69. The van der Waals surface area contributed by atoms with Crippen molar-refractivity contribution in [3.05, 3.63) is 0 Å². The molecule has 0 aliphatic carbocycles. The van der Waals surface area contributed by atoms with Gasteiger partial charge < -0.3 is 33.2 Å². The maximum absolute atomic E-state index is 11.9. The summed E-state index contributed by atoms with van der Waals surface area (Å²) in [6.07, 6.45) is 40.5. The fourth-order valence-corrected chi connectivity index (χ4v) is 6.84. The molecule has 57 heavy (non-hydrogen) atoms. The van der Waals surface area contributed by atoms with Gasteiger partial charge in [-0.2, -0.15) is 0 Å². The predicted molar refractivity (Wildman–Crippen MR) is 235 cm³/mol. The van der Waals surface area contributed by atoms with Crippen molar-refractivity contribution in [2.45, 2.75) is 219 Å². The van der Waals surface area contributed by atoms with Crippen LogP contribution < -0.4 is 0 Å². The molecule has 0 aliphatic heterocycles. The van der Waals surface area contributed by atoms with Crippen LogP contribution in [-0.2, 0) is 42.7 Å². The zero-order valence-electron chi connectivity index (χ0n) is 37.8. The van der Waals surface area contributed by atoms with Crippen molar-refractivity contribution in [3.8, 4) is 0 Å². The van der Waals surface area contributed by atoms with Crippen LogP contribution in [0.1, 0.15) is 219 Å². The number of rotatable bonds is 50. The first kappa shape index (κ1) is 55.7. The van der Waals surface area contributed by atoms with Gasteiger partial charge in [0.05, 0.1) is 66.1 Å². The van der Waals surface area contributed by atoms with E-state index in [0.29, 0.717) is 92.1 Å². The van der Waals surface area contributed by atoms with Gasteiger partial charge in [-0.25, -0.2) is 0 Å².